The summed E-state index contributed by atoms with van der Waals surface area (Å²) >= 11 is 0. The van der Waals surface area contributed by atoms with E-state index in [1.54, 1.807) is 12.3 Å². The van der Waals surface area contributed by atoms with Crippen LogP contribution in [0.4, 0.5) is 0 Å². The van der Waals surface area contributed by atoms with Crippen LogP contribution in [0, 0.1) is 6.92 Å². The quantitative estimate of drug-likeness (QED) is 0.592. The Hall–Kier alpha value is -2.63. The lowest BCUT2D eigenvalue weighted by Gasteiger charge is -2.04. The molecule has 0 fully saturated rings. The molecule has 6 nitrogen and oxygen atoms in total. The maximum atomic E-state index is 11.3. The first kappa shape index (κ1) is 10.5. The number of aryl methyl sites for hydroxylation is 1. The fourth-order valence-corrected chi connectivity index (χ4v) is 1.96. The summed E-state index contributed by atoms with van der Waals surface area (Å²) in [6.45, 7) is 1.83. The molecule has 0 aliphatic heterocycles. The monoisotopic (exact) mass is 242 g/mol. The molecular formula is C12H10N4O2. The van der Waals surface area contributed by atoms with Gasteiger partial charge in [-0.05, 0) is 24.6 Å². The van der Waals surface area contributed by atoms with Crippen LogP contribution in [-0.4, -0.2) is 19.9 Å². The van der Waals surface area contributed by atoms with Crippen molar-refractivity contribution in [2.24, 2.45) is 0 Å². The summed E-state index contributed by atoms with van der Waals surface area (Å²) in [4.78, 5) is 34.6. The largest absolute Gasteiger partial charge is 0.329 e. The molecule has 0 aliphatic rings. The second kappa shape index (κ2) is 3.69. The van der Waals surface area contributed by atoms with Crippen molar-refractivity contribution < 1.29 is 0 Å². The minimum atomic E-state index is -0.292. The number of pyridine rings is 2. The smallest absolute Gasteiger partial charge is 0.325 e. The van der Waals surface area contributed by atoms with Crippen molar-refractivity contribution in [3.05, 3.63) is 50.9 Å². The van der Waals surface area contributed by atoms with Crippen molar-refractivity contribution in [2.75, 3.05) is 0 Å². The van der Waals surface area contributed by atoms with E-state index < -0.39 is 0 Å². The molecule has 0 bridgehead atoms. The molecule has 3 aromatic heterocycles. The third kappa shape index (κ3) is 1.64. The average Bonchev–Trinajstić information content (AvgIpc) is 2.67. The average molecular weight is 242 g/mol. The van der Waals surface area contributed by atoms with Crippen molar-refractivity contribution in [2.45, 2.75) is 6.92 Å². The number of nitrogens with one attached hydrogen (secondary N) is 3. The van der Waals surface area contributed by atoms with E-state index >= 15 is 0 Å². The first-order chi connectivity index (χ1) is 8.63. The molecule has 0 aliphatic carbocycles. The number of H-pyrrole nitrogens is 3. The Morgan fingerprint density at radius 2 is 2.00 bits per heavy atom. The van der Waals surface area contributed by atoms with E-state index in [1.165, 1.54) is 6.07 Å². The van der Waals surface area contributed by atoms with E-state index in [4.69, 9.17) is 0 Å². The molecule has 90 valence electrons. The Labute approximate surface area is 101 Å². The minimum absolute atomic E-state index is 0.172. The highest BCUT2D eigenvalue weighted by molar-refractivity contribution is 5.79. The summed E-state index contributed by atoms with van der Waals surface area (Å²) in [5.41, 5.74) is 3.03. The van der Waals surface area contributed by atoms with E-state index in [-0.39, 0.29) is 11.2 Å². The van der Waals surface area contributed by atoms with Gasteiger partial charge >= 0.3 is 5.69 Å². The van der Waals surface area contributed by atoms with Gasteiger partial charge in [0.25, 0.3) is 0 Å². The molecule has 3 heterocycles. The van der Waals surface area contributed by atoms with Crippen LogP contribution in [-0.2, 0) is 0 Å². The lowest BCUT2D eigenvalue weighted by molar-refractivity contribution is 1.18. The van der Waals surface area contributed by atoms with Gasteiger partial charge < -0.3 is 9.97 Å². The maximum absolute atomic E-state index is 11.3. The third-order valence-corrected chi connectivity index (χ3v) is 2.78. The van der Waals surface area contributed by atoms with Crippen molar-refractivity contribution in [3.8, 4) is 11.1 Å². The predicted molar refractivity (Wildman–Crippen MR) is 67.5 cm³/mol. The molecule has 3 rings (SSSR count). The van der Waals surface area contributed by atoms with Crippen molar-refractivity contribution in [1.82, 2.24) is 19.9 Å². The number of fused-ring (bicyclic) bond motifs is 1. The van der Waals surface area contributed by atoms with E-state index in [2.05, 4.69) is 19.9 Å². The van der Waals surface area contributed by atoms with Crippen LogP contribution in [0.3, 0.4) is 0 Å². The molecule has 0 spiro atoms. The van der Waals surface area contributed by atoms with Crippen LogP contribution >= 0.6 is 0 Å². The topological polar surface area (TPSA) is 94.4 Å². The van der Waals surface area contributed by atoms with Crippen LogP contribution in [0.2, 0.25) is 0 Å². The summed E-state index contributed by atoms with van der Waals surface area (Å²) < 4.78 is 0. The Bertz CT molecular complexity index is 841. The van der Waals surface area contributed by atoms with Gasteiger partial charge in [0, 0.05) is 23.5 Å². The lowest BCUT2D eigenvalue weighted by atomic mass is 10.1. The highest BCUT2D eigenvalue weighted by atomic mass is 16.1. The zero-order valence-corrected chi connectivity index (χ0v) is 9.57. The fourth-order valence-electron chi connectivity index (χ4n) is 1.96. The SMILES string of the molecule is Cc1nc2[nH]c(=O)[nH]c2cc1-c1cc[nH]c(=O)c1. The Morgan fingerprint density at radius 1 is 1.17 bits per heavy atom. The highest BCUT2D eigenvalue weighted by Crippen LogP contribution is 2.22. The van der Waals surface area contributed by atoms with Gasteiger partial charge in [0.15, 0.2) is 5.65 Å². The van der Waals surface area contributed by atoms with Gasteiger partial charge in [-0.15, -0.1) is 0 Å². The van der Waals surface area contributed by atoms with Crippen LogP contribution in [0.1, 0.15) is 5.69 Å². The first-order valence-electron chi connectivity index (χ1n) is 5.42. The van der Waals surface area contributed by atoms with Crippen LogP contribution in [0.5, 0.6) is 0 Å². The zero-order chi connectivity index (χ0) is 12.7. The maximum Gasteiger partial charge on any atom is 0.325 e. The molecule has 0 aromatic carbocycles. The summed E-state index contributed by atoms with van der Waals surface area (Å²) in [7, 11) is 0. The summed E-state index contributed by atoms with van der Waals surface area (Å²) in [5.74, 6) is 0. The van der Waals surface area contributed by atoms with Gasteiger partial charge in [-0.3, -0.25) is 9.78 Å². The van der Waals surface area contributed by atoms with E-state index in [1.807, 2.05) is 13.0 Å². The molecule has 6 heteroatoms. The normalized spacial score (nSPS) is 10.9. The Balaban J connectivity index is 2.31. The van der Waals surface area contributed by atoms with E-state index in [0.29, 0.717) is 11.2 Å². The van der Waals surface area contributed by atoms with Crippen LogP contribution in [0.15, 0.2) is 34.0 Å². The summed E-state index contributed by atoms with van der Waals surface area (Å²) in [5, 5.41) is 0. The van der Waals surface area contributed by atoms with Crippen molar-refractivity contribution in [1.29, 1.82) is 0 Å². The van der Waals surface area contributed by atoms with Gasteiger partial charge in [-0.25, -0.2) is 9.78 Å². The number of hydrogen-bond acceptors (Lipinski definition) is 3. The van der Waals surface area contributed by atoms with E-state index in [9.17, 15) is 9.59 Å². The van der Waals surface area contributed by atoms with Crippen LogP contribution < -0.4 is 11.2 Å². The molecule has 0 saturated carbocycles. The van der Waals surface area contributed by atoms with Gasteiger partial charge in [0.05, 0.1) is 5.52 Å². The Kier molecular flexibility index (Phi) is 2.16. The standard InChI is InChI=1S/C12H10N4O2/c1-6-8(7-2-3-13-10(17)4-7)5-9-11(14-6)16-12(18)15-9/h2-5H,1H3,(H,13,17)(H2,14,15,16,18). The number of aromatic nitrogens is 4. The predicted octanol–water partition coefficient (Wildman–Crippen LogP) is 0.915. The molecule has 18 heavy (non-hydrogen) atoms. The molecule has 3 N–H and O–H groups in total. The lowest BCUT2D eigenvalue weighted by Crippen LogP contribution is -2.02. The third-order valence-electron chi connectivity index (χ3n) is 2.78. The minimum Gasteiger partial charge on any atom is -0.329 e. The number of imidazole rings is 1. The number of hydrogen-bond donors (Lipinski definition) is 3. The highest BCUT2D eigenvalue weighted by Gasteiger charge is 2.08. The summed E-state index contributed by atoms with van der Waals surface area (Å²) in [6, 6.07) is 5.10. The van der Waals surface area contributed by atoms with Gasteiger partial charge in [0.1, 0.15) is 0 Å². The number of rotatable bonds is 1. The molecule has 3 aromatic rings. The number of nitrogens with zero attached hydrogens (tertiary/aromatic N) is 1. The molecule has 0 atom stereocenters. The van der Waals surface area contributed by atoms with E-state index in [0.717, 1.165) is 16.8 Å². The van der Waals surface area contributed by atoms with Crippen molar-refractivity contribution in [3.63, 3.8) is 0 Å². The Morgan fingerprint density at radius 3 is 2.78 bits per heavy atom. The molecular weight excluding hydrogens is 232 g/mol. The fraction of sp³-hybridized carbons (Fsp3) is 0.0833. The molecule has 0 radical (unpaired) electrons. The first-order valence-corrected chi connectivity index (χ1v) is 5.42. The van der Waals surface area contributed by atoms with Gasteiger partial charge in [0.2, 0.25) is 5.56 Å². The van der Waals surface area contributed by atoms with Gasteiger partial charge in [-0.2, -0.15) is 0 Å². The van der Waals surface area contributed by atoms with Crippen LogP contribution in [0.25, 0.3) is 22.3 Å². The molecule has 0 amide bonds. The zero-order valence-electron chi connectivity index (χ0n) is 9.57. The summed E-state index contributed by atoms with van der Waals surface area (Å²) in [6.07, 6.45) is 1.58. The number of aromatic amines is 3. The second-order valence-electron chi connectivity index (χ2n) is 4.04. The molecule has 0 unspecified atom stereocenters. The second-order valence-corrected chi connectivity index (χ2v) is 4.04. The van der Waals surface area contributed by atoms with Gasteiger partial charge in [-0.1, -0.05) is 0 Å². The van der Waals surface area contributed by atoms with Crippen molar-refractivity contribution >= 4 is 11.2 Å². The molecule has 0 saturated heterocycles.